The van der Waals surface area contributed by atoms with Gasteiger partial charge in [0.1, 0.15) is 61.0 Å². The third-order valence-corrected chi connectivity index (χ3v) is 7.10. The average molecular weight is 540 g/mol. The van der Waals surface area contributed by atoms with E-state index in [-0.39, 0.29) is 0 Å². The van der Waals surface area contributed by atoms with E-state index in [2.05, 4.69) is 28.7 Å². The van der Waals surface area contributed by atoms with Crippen LogP contribution < -0.4 is 0 Å². The van der Waals surface area contributed by atoms with Crippen LogP contribution in [0, 0.1) is 23.7 Å². The van der Waals surface area contributed by atoms with Gasteiger partial charge in [-0.3, -0.25) is 0 Å². The molecule has 3 aromatic rings. The normalized spacial score (nSPS) is 34.8. The van der Waals surface area contributed by atoms with Crippen LogP contribution in [0.3, 0.4) is 0 Å². The van der Waals surface area contributed by atoms with Crippen molar-refractivity contribution in [1.82, 2.24) is 4.98 Å². The summed E-state index contributed by atoms with van der Waals surface area (Å²) in [5.74, 6) is 11.3. The molecule has 39 heavy (non-hydrogen) atoms. The lowest BCUT2D eigenvalue weighted by atomic mass is 9.95. The van der Waals surface area contributed by atoms with Gasteiger partial charge in [0.15, 0.2) is 0 Å². The molecule has 0 aliphatic carbocycles. The fourth-order valence-electron chi connectivity index (χ4n) is 4.82. The second-order valence-electron chi connectivity index (χ2n) is 9.68. The van der Waals surface area contributed by atoms with Crippen LogP contribution in [0.25, 0.3) is 21.8 Å². The minimum Gasteiger partial charge on any atom is -0.394 e. The largest absolute Gasteiger partial charge is 0.394 e. The molecular weight excluding hydrogens is 510 g/mol. The summed E-state index contributed by atoms with van der Waals surface area (Å²) in [6.07, 6.45) is -13.0. The molecule has 10 atom stereocenters. The van der Waals surface area contributed by atoms with Crippen molar-refractivity contribution in [2.24, 2.45) is 0 Å². The number of nitrogens with one attached hydrogen (secondary N) is 1. The molecule has 0 spiro atoms. The summed E-state index contributed by atoms with van der Waals surface area (Å²) in [5, 5.41) is 80.7. The predicted octanol–water partition coefficient (Wildman–Crippen LogP) is -2.29. The predicted molar refractivity (Wildman–Crippen MR) is 137 cm³/mol. The summed E-state index contributed by atoms with van der Waals surface area (Å²) in [4.78, 5) is 3.30. The molecule has 0 amide bonds. The summed E-state index contributed by atoms with van der Waals surface area (Å²) in [6.45, 7) is -1.06. The first kappa shape index (κ1) is 27.5. The molecule has 3 heterocycles. The van der Waals surface area contributed by atoms with Gasteiger partial charge in [0, 0.05) is 32.9 Å². The topological polar surface area (TPSA) is 196 Å². The Morgan fingerprint density at radius 2 is 1.00 bits per heavy atom. The van der Waals surface area contributed by atoms with Crippen molar-refractivity contribution >= 4 is 21.8 Å². The maximum absolute atomic E-state index is 10.2. The van der Waals surface area contributed by atoms with Crippen LogP contribution in [0.1, 0.15) is 11.1 Å². The highest BCUT2D eigenvalue weighted by atomic mass is 16.5. The Morgan fingerprint density at radius 1 is 0.590 bits per heavy atom. The molecule has 0 bridgehead atoms. The molecule has 0 unspecified atom stereocenters. The van der Waals surface area contributed by atoms with Crippen LogP contribution in [0.15, 0.2) is 36.4 Å². The fourth-order valence-corrected chi connectivity index (χ4v) is 4.82. The van der Waals surface area contributed by atoms with Gasteiger partial charge in [-0.15, -0.1) is 0 Å². The Morgan fingerprint density at radius 3 is 1.38 bits per heavy atom. The lowest BCUT2D eigenvalue weighted by Gasteiger charge is -2.37. The van der Waals surface area contributed by atoms with E-state index >= 15 is 0 Å². The smallest absolute Gasteiger partial charge is 0.147 e. The molecule has 2 aliphatic rings. The van der Waals surface area contributed by atoms with Crippen molar-refractivity contribution in [2.75, 3.05) is 13.2 Å². The minimum atomic E-state index is -1.50. The third kappa shape index (κ3) is 5.26. The zero-order valence-corrected chi connectivity index (χ0v) is 20.5. The van der Waals surface area contributed by atoms with E-state index in [0.29, 0.717) is 11.1 Å². The Kier molecular flexibility index (Phi) is 7.91. The summed E-state index contributed by atoms with van der Waals surface area (Å²) < 4.78 is 10.9. The highest BCUT2D eigenvalue weighted by Gasteiger charge is 2.43. The van der Waals surface area contributed by atoms with Crippen molar-refractivity contribution in [2.45, 2.75) is 61.0 Å². The molecule has 0 radical (unpaired) electrons. The number of hydrogen-bond acceptors (Lipinski definition) is 10. The van der Waals surface area contributed by atoms with Gasteiger partial charge in [0.2, 0.25) is 0 Å². The molecular formula is C28H29NO10. The minimum absolute atomic E-state index is 0.529. The van der Waals surface area contributed by atoms with E-state index in [1.54, 1.807) is 12.1 Å². The molecule has 5 rings (SSSR count). The van der Waals surface area contributed by atoms with Gasteiger partial charge < -0.3 is 55.3 Å². The van der Waals surface area contributed by atoms with E-state index in [9.17, 15) is 40.9 Å². The second-order valence-corrected chi connectivity index (χ2v) is 9.68. The van der Waals surface area contributed by atoms with Gasteiger partial charge in [-0.2, -0.15) is 0 Å². The first-order valence-electron chi connectivity index (χ1n) is 12.4. The van der Waals surface area contributed by atoms with Gasteiger partial charge >= 0.3 is 0 Å². The summed E-state index contributed by atoms with van der Waals surface area (Å²) in [5.41, 5.74) is 2.77. The number of aliphatic hydroxyl groups excluding tert-OH is 8. The number of aromatic amines is 1. The van der Waals surface area contributed by atoms with Gasteiger partial charge in [-0.05, 0) is 24.3 Å². The quantitative estimate of drug-likeness (QED) is 0.160. The zero-order valence-electron chi connectivity index (χ0n) is 20.5. The average Bonchev–Trinajstić information content (AvgIpc) is 3.31. The highest BCUT2D eigenvalue weighted by molar-refractivity contribution is 6.07. The second kappa shape index (κ2) is 11.2. The highest BCUT2D eigenvalue weighted by Crippen LogP contribution is 2.27. The third-order valence-electron chi connectivity index (χ3n) is 7.10. The summed E-state index contributed by atoms with van der Waals surface area (Å²) >= 11 is 0. The fraction of sp³-hybridized carbons (Fsp3) is 0.429. The van der Waals surface area contributed by atoms with Crippen molar-refractivity contribution in [3.63, 3.8) is 0 Å². The molecule has 2 aliphatic heterocycles. The lowest BCUT2D eigenvalue weighted by molar-refractivity contribution is -0.214. The van der Waals surface area contributed by atoms with E-state index < -0.39 is 74.3 Å². The molecule has 0 saturated carbocycles. The maximum atomic E-state index is 10.2. The van der Waals surface area contributed by atoms with Crippen molar-refractivity contribution in [3.8, 4) is 23.7 Å². The molecule has 2 saturated heterocycles. The number of aromatic nitrogens is 1. The number of benzene rings is 2. The zero-order chi connectivity index (χ0) is 27.8. The Bertz CT molecular complexity index is 1350. The van der Waals surface area contributed by atoms with Gasteiger partial charge in [-0.25, -0.2) is 0 Å². The number of rotatable bonds is 2. The van der Waals surface area contributed by atoms with Crippen LogP contribution in [0.4, 0.5) is 0 Å². The standard InChI is InChI=1S/C28H29NO10/c30-11-21-25(34)27(36)23(32)19(38-21)7-3-13-1-5-15-16-6-2-14(10-18(16)29-17(15)9-13)4-8-20-24(33)28(37)26(35)22(12-31)39-20/h1-2,5-6,9-10,19-37H,11-12H2/t19-,20-,21-,22-,23-,24-,25-,26-,27-,28-/m1/s1. The number of hydrogen-bond donors (Lipinski definition) is 9. The Hall–Kier alpha value is -3.04. The van der Waals surface area contributed by atoms with Crippen molar-refractivity contribution in [3.05, 3.63) is 47.5 Å². The summed E-state index contributed by atoms with van der Waals surface area (Å²) in [7, 11) is 0. The van der Waals surface area contributed by atoms with Crippen LogP contribution in [-0.4, -0.2) is 120 Å². The van der Waals surface area contributed by atoms with Crippen LogP contribution in [0.5, 0.6) is 0 Å². The molecule has 2 fully saturated rings. The van der Waals surface area contributed by atoms with Crippen LogP contribution in [0.2, 0.25) is 0 Å². The SMILES string of the molecule is OC[C@H]1O[C@H](C#Cc2ccc3c(c2)[nH]c2cc(C#C[C@H]4O[C@H](CO)[C@@H](O)[C@H](O)[C@@H]4O)ccc23)[C@@H](O)[C@@H](O)[C@@H]1O. The molecule has 9 N–H and O–H groups in total. The van der Waals surface area contributed by atoms with Gasteiger partial charge in [-0.1, -0.05) is 35.8 Å². The summed E-state index contributed by atoms with van der Waals surface area (Å²) in [6, 6.07) is 11.0. The Labute approximate surface area is 222 Å². The van der Waals surface area contributed by atoms with E-state index in [1.165, 1.54) is 0 Å². The van der Waals surface area contributed by atoms with E-state index in [4.69, 9.17) is 9.47 Å². The molecule has 2 aromatic carbocycles. The first-order chi connectivity index (χ1) is 18.7. The lowest BCUT2D eigenvalue weighted by Crippen LogP contribution is -2.58. The van der Waals surface area contributed by atoms with Gasteiger partial charge in [0.25, 0.3) is 0 Å². The molecule has 11 heteroatoms. The van der Waals surface area contributed by atoms with Crippen LogP contribution >= 0.6 is 0 Å². The first-order valence-corrected chi connectivity index (χ1v) is 12.4. The van der Waals surface area contributed by atoms with E-state index in [0.717, 1.165) is 21.8 Å². The number of fused-ring (bicyclic) bond motifs is 3. The van der Waals surface area contributed by atoms with Crippen LogP contribution in [-0.2, 0) is 9.47 Å². The van der Waals surface area contributed by atoms with Gasteiger partial charge in [0.05, 0.1) is 13.2 Å². The molecule has 206 valence electrons. The Balaban J connectivity index is 1.37. The number of aliphatic hydroxyl groups is 8. The van der Waals surface area contributed by atoms with Crippen molar-refractivity contribution < 1.29 is 50.3 Å². The molecule has 11 nitrogen and oxygen atoms in total. The monoisotopic (exact) mass is 539 g/mol. The molecule has 1 aromatic heterocycles. The van der Waals surface area contributed by atoms with Crippen molar-refractivity contribution in [1.29, 1.82) is 0 Å². The number of H-pyrrole nitrogens is 1. The number of ether oxygens (including phenoxy) is 2. The maximum Gasteiger partial charge on any atom is 0.147 e. The van der Waals surface area contributed by atoms with E-state index in [1.807, 2.05) is 24.3 Å².